The number of carbonyl (C=O) groups is 1. The zero-order valence-electron chi connectivity index (χ0n) is 7.30. The molecule has 3 heteroatoms. The van der Waals surface area contributed by atoms with Crippen LogP contribution in [0.1, 0.15) is 25.7 Å². The SMILES string of the molecule is CN1CC(=O)C2=C(CCCC2)O1. The zero-order chi connectivity index (χ0) is 8.55. The Morgan fingerprint density at radius 2 is 2.08 bits per heavy atom. The number of rotatable bonds is 0. The fourth-order valence-corrected chi connectivity index (χ4v) is 1.79. The van der Waals surface area contributed by atoms with E-state index in [4.69, 9.17) is 4.84 Å². The summed E-state index contributed by atoms with van der Waals surface area (Å²) < 4.78 is 0. The van der Waals surface area contributed by atoms with Gasteiger partial charge in [0.15, 0.2) is 5.78 Å². The second-order valence-corrected chi connectivity index (χ2v) is 3.41. The van der Waals surface area contributed by atoms with Gasteiger partial charge in [-0.05, 0) is 19.3 Å². The third-order valence-corrected chi connectivity index (χ3v) is 2.39. The van der Waals surface area contributed by atoms with E-state index in [0.29, 0.717) is 6.54 Å². The minimum atomic E-state index is 0.249. The van der Waals surface area contributed by atoms with E-state index in [9.17, 15) is 4.79 Å². The normalized spacial score (nSPS) is 25.2. The summed E-state index contributed by atoms with van der Waals surface area (Å²) in [5.74, 6) is 1.17. The maximum Gasteiger partial charge on any atom is 0.179 e. The topological polar surface area (TPSA) is 29.5 Å². The molecule has 0 fully saturated rings. The molecule has 66 valence electrons. The van der Waals surface area contributed by atoms with Gasteiger partial charge in [-0.15, -0.1) is 5.06 Å². The van der Waals surface area contributed by atoms with Crippen LogP contribution >= 0.6 is 0 Å². The Morgan fingerprint density at radius 1 is 1.33 bits per heavy atom. The molecule has 0 radical (unpaired) electrons. The number of nitrogens with zero attached hydrogens (tertiary/aromatic N) is 1. The van der Waals surface area contributed by atoms with E-state index >= 15 is 0 Å². The lowest BCUT2D eigenvalue weighted by molar-refractivity contribution is -0.144. The molecule has 0 saturated heterocycles. The molecule has 2 rings (SSSR count). The summed E-state index contributed by atoms with van der Waals surface area (Å²) >= 11 is 0. The molecule has 1 aliphatic heterocycles. The van der Waals surface area contributed by atoms with Gasteiger partial charge < -0.3 is 4.84 Å². The summed E-state index contributed by atoms with van der Waals surface area (Å²) in [6.07, 6.45) is 4.14. The van der Waals surface area contributed by atoms with Gasteiger partial charge in [0, 0.05) is 19.0 Å². The third kappa shape index (κ3) is 1.25. The molecular weight excluding hydrogens is 154 g/mol. The highest BCUT2D eigenvalue weighted by molar-refractivity contribution is 5.97. The Balaban J connectivity index is 2.26. The molecule has 0 unspecified atom stereocenters. The van der Waals surface area contributed by atoms with Crippen molar-refractivity contribution in [3.63, 3.8) is 0 Å². The first-order valence-electron chi connectivity index (χ1n) is 4.41. The summed E-state index contributed by atoms with van der Waals surface area (Å²) in [5.41, 5.74) is 0.944. The average Bonchev–Trinajstić information content (AvgIpc) is 2.04. The van der Waals surface area contributed by atoms with Crippen LogP contribution in [0.25, 0.3) is 0 Å². The fraction of sp³-hybridized carbons (Fsp3) is 0.667. The van der Waals surface area contributed by atoms with Gasteiger partial charge in [-0.1, -0.05) is 0 Å². The highest BCUT2D eigenvalue weighted by Crippen LogP contribution is 2.29. The largest absolute Gasteiger partial charge is 0.410 e. The van der Waals surface area contributed by atoms with Crippen molar-refractivity contribution in [2.24, 2.45) is 0 Å². The molecule has 12 heavy (non-hydrogen) atoms. The number of hydrogen-bond acceptors (Lipinski definition) is 3. The molecule has 0 aromatic heterocycles. The maximum atomic E-state index is 11.5. The first kappa shape index (κ1) is 7.80. The van der Waals surface area contributed by atoms with Crippen LogP contribution in [0.5, 0.6) is 0 Å². The second-order valence-electron chi connectivity index (χ2n) is 3.41. The van der Waals surface area contributed by atoms with Crippen molar-refractivity contribution in [3.05, 3.63) is 11.3 Å². The van der Waals surface area contributed by atoms with E-state index < -0.39 is 0 Å². The Labute approximate surface area is 71.9 Å². The van der Waals surface area contributed by atoms with Crippen molar-refractivity contribution in [1.29, 1.82) is 0 Å². The molecule has 0 saturated carbocycles. The summed E-state index contributed by atoms with van der Waals surface area (Å²) in [4.78, 5) is 16.9. The molecule has 0 aromatic rings. The lowest BCUT2D eigenvalue weighted by Gasteiger charge is -2.29. The summed E-state index contributed by atoms with van der Waals surface area (Å²) in [7, 11) is 1.80. The zero-order valence-corrected chi connectivity index (χ0v) is 7.30. The monoisotopic (exact) mass is 167 g/mol. The molecule has 0 bridgehead atoms. The predicted octanol–water partition coefficient (Wildman–Crippen LogP) is 1.26. The molecule has 1 aliphatic carbocycles. The van der Waals surface area contributed by atoms with Crippen LogP contribution in [-0.2, 0) is 9.63 Å². The molecule has 1 heterocycles. The number of Topliss-reactive ketones (excluding diaryl/α,β-unsaturated/α-hetero) is 1. The summed E-state index contributed by atoms with van der Waals surface area (Å²) in [6, 6.07) is 0. The van der Waals surface area contributed by atoms with E-state index in [1.54, 1.807) is 12.1 Å². The molecule has 2 aliphatic rings. The van der Waals surface area contributed by atoms with Crippen molar-refractivity contribution < 1.29 is 9.63 Å². The smallest absolute Gasteiger partial charge is 0.179 e. The van der Waals surface area contributed by atoms with Crippen LogP contribution in [0.15, 0.2) is 11.3 Å². The van der Waals surface area contributed by atoms with E-state index in [1.807, 2.05) is 0 Å². The summed E-state index contributed by atoms with van der Waals surface area (Å²) in [5, 5.41) is 1.62. The van der Waals surface area contributed by atoms with Gasteiger partial charge in [0.25, 0.3) is 0 Å². The van der Waals surface area contributed by atoms with Crippen LogP contribution in [-0.4, -0.2) is 24.4 Å². The van der Waals surface area contributed by atoms with Crippen molar-refractivity contribution in [3.8, 4) is 0 Å². The number of hydrogen-bond donors (Lipinski definition) is 0. The van der Waals surface area contributed by atoms with E-state index in [0.717, 1.165) is 37.0 Å². The Morgan fingerprint density at radius 3 is 2.92 bits per heavy atom. The van der Waals surface area contributed by atoms with E-state index in [2.05, 4.69) is 0 Å². The van der Waals surface area contributed by atoms with Crippen LogP contribution < -0.4 is 0 Å². The summed E-state index contributed by atoms with van der Waals surface area (Å²) in [6.45, 7) is 0.416. The highest BCUT2D eigenvalue weighted by atomic mass is 16.7. The van der Waals surface area contributed by atoms with Crippen molar-refractivity contribution in [1.82, 2.24) is 5.06 Å². The van der Waals surface area contributed by atoms with Crippen LogP contribution in [0.4, 0.5) is 0 Å². The van der Waals surface area contributed by atoms with Crippen molar-refractivity contribution in [2.75, 3.05) is 13.6 Å². The Hall–Kier alpha value is -0.830. The standard InChI is InChI=1S/C9H13NO2/c1-10-6-8(11)7-4-2-3-5-9(7)12-10/h2-6H2,1H3. The van der Waals surface area contributed by atoms with E-state index in [1.165, 1.54) is 0 Å². The van der Waals surface area contributed by atoms with Crippen LogP contribution in [0.3, 0.4) is 0 Å². The van der Waals surface area contributed by atoms with Crippen molar-refractivity contribution >= 4 is 5.78 Å². The second kappa shape index (κ2) is 2.90. The van der Waals surface area contributed by atoms with Gasteiger partial charge in [0.2, 0.25) is 0 Å². The molecule has 0 amide bonds. The minimum Gasteiger partial charge on any atom is -0.410 e. The fourth-order valence-electron chi connectivity index (χ4n) is 1.79. The Bertz CT molecular complexity index is 245. The number of carbonyl (C=O) groups excluding carboxylic acids is 1. The maximum absolute atomic E-state index is 11.5. The highest BCUT2D eigenvalue weighted by Gasteiger charge is 2.27. The third-order valence-electron chi connectivity index (χ3n) is 2.39. The van der Waals surface area contributed by atoms with Gasteiger partial charge in [-0.25, -0.2) is 0 Å². The molecule has 0 spiro atoms. The van der Waals surface area contributed by atoms with Gasteiger partial charge in [0.05, 0.1) is 6.54 Å². The average molecular weight is 167 g/mol. The predicted molar refractivity (Wildman–Crippen MR) is 44.2 cm³/mol. The van der Waals surface area contributed by atoms with Gasteiger partial charge in [-0.3, -0.25) is 4.79 Å². The molecular formula is C9H13NO2. The molecule has 0 N–H and O–H groups in total. The van der Waals surface area contributed by atoms with Crippen LogP contribution in [0, 0.1) is 0 Å². The molecule has 0 aromatic carbocycles. The first-order chi connectivity index (χ1) is 5.77. The number of likely N-dealkylation sites (N-methyl/N-ethyl adjacent to an activating group) is 1. The van der Waals surface area contributed by atoms with Gasteiger partial charge in [-0.2, -0.15) is 0 Å². The van der Waals surface area contributed by atoms with Crippen LogP contribution in [0.2, 0.25) is 0 Å². The quantitative estimate of drug-likeness (QED) is 0.544. The van der Waals surface area contributed by atoms with E-state index in [-0.39, 0.29) is 5.78 Å². The number of allylic oxidation sites excluding steroid dienone is 1. The lowest BCUT2D eigenvalue weighted by atomic mass is 9.94. The number of ketones is 1. The molecule has 3 nitrogen and oxygen atoms in total. The van der Waals surface area contributed by atoms with Gasteiger partial charge >= 0.3 is 0 Å². The molecule has 0 atom stereocenters. The minimum absolute atomic E-state index is 0.249. The van der Waals surface area contributed by atoms with Gasteiger partial charge in [0.1, 0.15) is 5.76 Å². The number of hydroxylamine groups is 2. The first-order valence-corrected chi connectivity index (χ1v) is 4.41. The Kier molecular flexibility index (Phi) is 1.89. The van der Waals surface area contributed by atoms with Crippen molar-refractivity contribution in [2.45, 2.75) is 25.7 Å². The lowest BCUT2D eigenvalue weighted by Crippen LogP contribution is -2.34.